The molecule has 1 aliphatic heterocycles. The molecule has 1 saturated heterocycles. The third-order valence-corrected chi connectivity index (χ3v) is 5.65. The van der Waals surface area contributed by atoms with E-state index in [-0.39, 0.29) is 23.8 Å². The van der Waals surface area contributed by atoms with Crippen molar-refractivity contribution in [3.63, 3.8) is 0 Å². The van der Waals surface area contributed by atoms with Crippen LogP contribution in [0.2, 0.25) is 0 Å². The number of rotatable bonds is 6. The van der Waals surface area contributed by atoms with Crippen LogP contribution in [0.4, 0.5) is 4.79 Å². The third-order valence-electron chi connectivity index (χ3n) is 4.22. The van der Waals surface area contributed by atoms with Crippen molar-refractivity contribution < 1.29 is 14.3 Å². The van der Waals surface area contributed by atoms with E-state index in [2.05, 4.69) is 22.9 Å². The van der Waals surface area contributed by atoms with Gasteiger partial charge in [-0.1, -0.05) is 47.1 Å². The highest BCUT2D eigenvalue weighted by atomic mass is 79.9. The monoisotopic (exact) mass is 445 g/mol. The Morgan fingerprint density at radius 1 is 1.11 bits per heavy atom. The lowest BCUT2D eigenvalue weighted by Crippen LogP contribution is -2.27. The van der Waals surface area contributed by atoms with Crippen molar-refractivity contribution in [2.75, 3.05) is 0 Å². The second-order valence-corrected chi connectivity index (χ2v) is 8.21. The number of imide groups is 1. The van der Waals surface area contributed by atoms with Gasteiger partial charge >= 0.3 is 0 Å². The lowest BCUT2D eigenvalue weighted by Gasteiger charge is -2.12. The summed E-state index contributed by atoms with van der Waals surface area (Å²) in [5.74, 6) is 0.540. The van der Waals surface area contributed by atoms with E-state index < -0.39 is 0 Å². The summed E-state index contributed by atoms with van der Waals surface area (Å²) in [5, 5.41) is -0.245. The Labute approximate surface area is 171 Å². The van der Waals surface area contributed by atoms with Crippen LogP contribution in [0.5, 0.6) is 5.75 Å². The average molecular weight is 446 g/mol. The molecule has 0 bridgehead atoms. The zero-order valence-electron chi connectivity index (χ0n) is 15.1. The highest BCUT2D eigenvalue weighted by molar-refractivity contribution is 9.10. The van der Waals surface area contributed by atoms with Crippen LogP contribution in [-0.2, 0) is 11.3 Å². The summed E-state index contributed by atoms with van der Waals surface area (Å²) < 4.78 is 6.72. The van der Waals surface area contributed by atoms with E-state index >= 15 is 0 Å². The van der Waals surface area contributed by atoms with Crippen LogP contribution < -0.4 is 4.74 Å². The van der Waals surface area contributed by atoms with Gasteiger partial charge in [-0.3, -0.25) is 14.5 Å². The minimum absolute atomic E-state index is 0.158. The molecule has 0 spiro atoms. The standard InChI is InChI=1S/C21H20BrNO3S/c1-3-14(2)26-18-10-6-15(7-11-18)12-19-20(24)23(21(25)27-19)13-16-4-8-17(22)9-5-16/h4-12,14H,3,13H2,1-2H3/b19-12-/t14-/m1/s1. The molecule has 27 heavy (non-hydrogen) atoms. The predicted octanol–water partition coefficient (Wildman–Crippen LogP) is 5.86. The topological polar surface area (TPSA) is 46.6 Å². The zero-order chi connectivity index (χ0) is 19.4. The summed E-state index contributed by atoms with van der Waals surface area (Å²) >= 11 is 4.36. The summed E-state index contributed by atoms with van der Waals surface area (Å²) in [4.78, 5) is 26.6. The molecule has 1 heterocycles. The molecule has 140 valence electrons. The van der Waals surface area contributed by atoms with Crippen molar-refractivity contribution >= 4 is 44.9 Å². The Bertz CT molecular complexity index is 862. The summed E-state index contributed by atoms with van der Waals surface area (Å²) in [6.07, 6.45) is 2.85. The average Bonchev–Trinajstić information content (AvgIpc) is 2.92. The Kier molecular flexibility index (Phi) is 6.39. The molecular weight excluding hydrogens is 426 g/mol. The van der Waals surface area contributed by atoms with E-state index in [0.29, 0.717) is 4.91 Å². The summed E-state index contributed by atoms with van der Waals surface area (Å²) in [5.41, 5.74) is 1.77. The molecule has 2 aromatic carbocycles. The fraction of sp³-hybridized carbons (Fsp3) is 0.238. The first-order chi connectivity index (χ1) is 13.0. The van der Waals surface area contributed by atoms with Crippen LogP contribution in [-0.4, -0.2) is 22.2 Å². The van der Waals surface area contributed by atoms with Gasteiger partial charge < -0.3 is 4.74 Å². The van der Waals surface area contributed by atoms with Crippen LogP contribution in [0.1, 0.15) is 31.4 Å². The van der Waals surface area contributed by atoms with Crippen molar-refractivity contribution in [1.82, 2.24) is 4.90 Å². The lowest BCUT2D eigenvalue weighted by atomic mass is 10.2. The highest BCUT2D eigenvalue weighted by Gasteiger charge is 2.34. The van der Waals surface area contributed by atoms with E-state index in [1.807, 2.05) is 55.5 Å². The number of carbonyl (C=O) groups is 2. The Morgan fingerprint density at radius 2 is 1.78 bits per heavy atom. The van der Waals surface area contributed by atoms with Crippen molar-refractivity contribution in [3.8, 4) is 5.75 Å². The fourth-order valence-electron chi connectivity index (χ4n) is 2.52. The van der Waals surface area contributed by atoms with Crippen LogP contribution >= 0.6 is 27.7 Å². The molecule has 0 saturated carbocycles. The minimum Gasteiger partial charge on any atom is -0.491 e. The van der Waals surface area contributed by atoms with Crippen molar-refractivity contribution in [3.05, 3.63) is 69.0 Å². The maximum absolute atomic E-state index is 12.6. The van der Waals surface area contributed by atoms with Crippen LogP contribution in [0, 0.1) is 0 Å². The number of ether oxygens (including phenoxy) is 1. The Morgan fingerprint density at radius 3 is 2.41 bits per heavy atom. The van der Waals surface area contributed by atoms with Gasteiger partial charge in [-0.2, -0.15) is 0 Å². The molecule has 0 aromatic heterocycles. The molecule has 1 aliphatic rings. The predicted molar refractivity (Wildman–Crippen MR) is 112 cm³/mol. The maximum atomic E-state index is 12.6. The van der Waals surface area contributed by atoms with Gasteiger partial charge in [0.15, 0.2) is 0 Å². The van der Waals surface area contributed by atoms with Gasteiger partial charge in [0.1, 0.15) is 5.75 Å². The van der Waals surface area contributed by atoms with Crippen molar-refractivity contribution in [2.45, 2.75) is 32.9 Å². The van der Waals surface area contributed by atoms with E-state index in [9.17, 15) is 9.59 Å². The first kappa shape index (κ1) is 19.7. The first-order valence-corrected chi connectivity index (χ1v) is 10.3. The molecule has 1 atom stereocenters. The van der Waals surface area contributed by atoms with E-state index in [0.717, 1.165) is 39.5 Å². The summed E-state index contributed by atoms with van der Waals surface area (Å²) in [6, 6.07) is 15.1. The van der Waals surface area contributed by atoms with E-state index in [4.69, 9.17) is 4.74 Å². The largest absolute Gasteiger partial charge is 0.491 e. The van der Waals surface area contributed by atoms with Crippen LogP contribution in [0.3, 0.4) is 0 Å². The van der Waals surface area contributed by atoms with E-state index in [1.165, 1.54) is 4.90 Å². The molecule has 2 aromatic rings. The third kappa shape index (κ3) is 5.02. The van der Waals surface area contributed by atoms with Gasteiger partial charge in [-0.15, -0.1) is 0 Å². The smallest absolute Gasteiger partial charge is 0.293 e. The summed E-state index contributed by atoms with van der Waals surface area (Å²) in [6.45, 7) is 4.37. The SMILES string of the molecule is CC[C@@H](C)Oc1ccc(/C=C2\SC(=O)N(Cc3ccc(Br)cc3)C2=O)cc1. The van der Waals surface area contributed by atoms with Gasteiger partial charge in [0, 0.05) is 4.47 Å². The maximum Gasteiger partial charge on any atom is 0.293 e. The molecule has 4 nitrogen and oxygen atoms in total. The molecule has 0 unspecified atom stereocenters. The second kappa shape index (κ2) is 8.76. The number of thioether (sulfide) groups is 1. The molecule has 2 amide bonds. The number of halogens is 1. The number of hydrogen-bond acceptors (Lipinski definition) is 4. The Balaban J connectivity index is 1.71. The number of nitrogens with zero attached hydrogens (tertiary/aromatic N) is 1. The number of hydrogen-bond donors (Lipinski definition) is 0. The number of carbonyl (C=O) groups excluding carboxylic acids is 2. The fourth-order valence-corrected chi connectivity index (χ4v) is 3.62. The van der Waals surface area contributed by atoms with Gasteiger partial charge in [-0.25, -0.2) is 0 Å². The van der Waals surface area contributed by atoms with Crippen LogP contribution in [0.15, 0.2) is 57.9 Å². The second-order valence-electron chi connectivity index (χ2n) is 6.30. The van der Waals surface area contributed by atoms with Crippen molar-refractivity contribution in [1.29, 1.82) is 0 Å². The molecule has 1 fully saturated rings. The minimum atomic E-state index is -0.257. The van der Waals surface area contributed by atoms with Crippen LogP contribution in [0.25, 0.3) is 6.08 Å². The van der Waals surface area contributed by atoms with Crippen molar-refractivity contribution in [2.24, 2.45) is 0 Å². The van der Waals surface area contributed by atoms with Gasteiger partial charge in [0.2, 0.25) is 0 Å². The van der Waals surface area contributed by atoms with Gasteiger partial charge in [0.25, 0.3) is 11.1 Å². The molecule has 0 radical (unpaired) electrons. The molecule has 3 rings (SSSR count). The normalized spacial score (nSPS) is 16.9. The van der Waals surface area contributed by atoms with Gasteiger partial charge in [0.05, 0.1) is 17.6 Å². The zero-order valence-corrected chi connectivity index (χ0v) is 17.5. The number of amides is 2. The molecule has 0 N–H and O–H groups in total. The highest BCUT2D eigenvalue weighted by Crippen LogP contribution is 2.33. The number of benzene rings is 2. The summed E-state index contributed by atoms with van der Waals surface area (Å²) in [7, 11) is 0. The lowest BCUT2D eigenvalue weighted by molar-refractivity contribution is -0.123. The quantitative estimate of drug-likeness (QED) is 0.522. The molecular formula is C21H20BrNO3S. The Hall–Kier alpha value is -2.05. The molecule has 6 heteroatoms. The van der Waals surface area contributed by atoms with E-state index in [1.54, 1.807) is 6.08 Å². The molecule has 0 aliphatic carbocycles. The first-order valence-electron chi connectivity index (χ1n) is 8.73. The van der Waals surface area contributed by atoms with Gasteiger partial charge in [-0.05, 0) is 66.6 Å².